The molecule has 1 fully saturated rings. The molecule has 2 aromatic heterocycles. The van der Waals surface area contributed by atoms with Crippen LogP contribution in [0.2, 0.25) is 0 Å². The molecule has 204 valence electrons. The Labute approximate surface area is 231 Å². The second-order valence-corrected chi connectivity index (χ2v) is 10.8. The van der Waals surface area contributed by atoms with Crippen LogP contribution in [-0.4, -0.2) is 58.6 Å². The minimum absolute atomic E-state index is 0.0815. The van der Waals surface area contributed by atoms with Gasteiger partial charge in [-0.25, -0.2) is 23.1 Å². The lowest BCUT2D eigenvalue weighted by atomic mass is 10.1. The summed E-state index contributed by atoms with van der Waals surface area (Å²) < 4.78 is 35.5. The molecule has 0 bridgehead atoms. The third-order valence-corrected chi connectivity index (χ3v) is 7.83. The van der Waals surface area contributed by atoms with E-state index in [-0.39, 0.29) is 29.2 Å². The highest BCUT2D eigenvalue weighted by atomic mass is 32.2. The third kappa shape index (κ3) is 5.80. The molecular formula is C28H27N7O4S. The Hall–Kier alpha value is -4.73. The third-order valence-electron chi connectivity index (χ3n) is 6.42. The molecule has 3 heterocycles. The summed E-state index contributed by atoms with van der Waals surface area (Å²) in [5.41, 5.74) is 6.98. The van der Waals surface area contributed by atoms with Gasteiger partial charge in [0.2, 0.25) is 15.9 Å². The number of nitrogen functional groups attached to an aromatic ring is 1. The molecule has 1 saturated heterocycles. The molecule has 40 heavy (non-hydrogen) atoms. The van der Waals surface area contributed by atoms with Gasteiger partial charge >= 0.3 is 0 Å². The molecule has 0 spiro atoms. The zero-order valence-corrected chi connectivity index (χ0v) is 22.3. The van der Waals surface area contributed by atoms with Crippen LogP contribution in [0.3, 0.4) is 0 Å². The first-order valence-corrected chi connectivity index (χ1v) is 14.1. The van der Waals surface area contributed by atoms with E-state index in [1.165, 1.54) is 24.5 Å². The van der Waals surface area contributed by atoms with Crippen molar-refractivity contribution >= 4 is 32.8 Å². The van der Waals surface area contributed by atoms with Crippen LogP contribution in [0, 0.1) is 11.8 Å². The maximum Gasteiger partial charge on any atom is 0.246 e. The van der Waals surface area contributed by atoms with E-state index in [9.17, 15) is 13.2 Å². The van der Waals surface area contributed by atoms with E-state index in [1.54, 1.807) is 21.7 Å². The van der Waals surface area contributed by atoms with Gasteiger partial charge < -0.3 is 15.4 Å². The van der Waals surface area contributed by atoms with E-state index in [4.69, 9.17) is 10.5 Å². The molecule has 11 nitrogen and oxygen atoms in total. The van der Waals surface area contributed by atoms with Gasteiger partial charge in [-0.05, 0) is 61.2 Å². The molecule has 1 amide bonds. The van der Waals surface area contributed by atoms with Gasteiger partial charge in [-0.3, -0.25) is 4.79 Å². The van der Waals surface area contributed by atoms with Crippen molar-refractivity contribution in [1.29, 1.82) is 0 Å². The SMILES string of the molecule is C=CC(=O)N1CCCC(n2nc(C#CCNS(=O)(=O)c3ccc(Oc4ccccc4)cc3)c3c(N)ncnc32)C1. The number of benzene rings is 2. The number of hydrogen-bond acceptors (Lipinski definition) is 8. The fourth-order valence-electron chi connectivity index (χ4n) is 4.47. The van der Waals surface area contributed by atoms with Crippen LogP contribution in [0.5, 0.6) is 11.5 Å². The number of nitrogens with two attached hydrogens (primary N) is 1. The molecule has 1 unspecified atom stereocenters. The summed E-state index contributed by atoms with van der Waals surface area (Å²) in [6.07, 6.45) is 4.25. The first-order chi connectivity index (χ1) is 19.4. The predicted octanol–water partition coefficient (Wildman–Crippen LogP) is 2.88. The summed E-state index contributed by atoms with van der Waals surface area (Å²) in [6, 6.07) is 15.2. The predicted molar refractivity (Wildman–Crippen MR) is 150 cm³/mol. The number of amides is 1. The van der Waals surface area contributed by atoms with Crippen LogP contribution >= 0.6 is 0 Å². The minimum Gasteiger partial charge on any atom is -0.457 e. The fraction of sp³-hybridized carbons (Fsp3) is 0.214. The van der Waals surface area contributed by atoms with E-state index in [1.807, 2.05) is 30.3 Å². The number of carbonyl (C=O) groups is 1. The minimum atomic E-state index is -3.81. The number of fused-ring (bicyclic) bond motifs is 1. The summed E-state index contributed by atoms with van der Waals surface area (Å²) in [6.45, 7) is 4.52. The fourth-order valence-corrected chi connectivity index (χ4v) is 5.40. The van der Waals surface area contributed by atoms with Crippen molar-refractivity contribution < 1.29 is 17.9 Å². The lowest BCUT2D eigenvalue weighted by Gasteiger charge is -2.32. The first-order valence-electron chi connectivity index (χ1n) is 12.6. The van der Waals surface area contributed by atoms with Crippen LogP contribution in [0.25, 0.3) is 11.0 Å². The molecule has 0 saturated carbocycles. The van der Waals surface area contributed by atoms with Crippen LogP contribution in [0.4, 0.5) is 5.82 Å². The maximum absolute atomic E-state index is 12.8. The van der Waals surface area contributed by atoms with Gasteiger partial charge in [-0.15, -0.1) is 0 Å². The van der Waals surface area contributed by atoms with Gasteiger partial charge in [0.05, 0.1) is 22.9 Å². The topological polar surface area (TPSA) is 145 Å². The number of aromatic nitrogens is 4. The number of nitrogens with one attached hydrogen (secondary N) is 1. The average Bonchev–Trinajstić information content (AvgIpc) is 3.35. The summed E-state index contributed by atoms with van der Waals surface area (Å²) in [4.78, 5) is 22.4. The number of rotatable bonds is 7. The average molecular weight is 558 g/mol. The van der Waals surface area contributed by atoms with Gasteiger partial charge in [0.1, 0.15) is 29.3 Å². The molecule has 12 heteroatoms. The van der Waals surface area contributed by atoms with Gasteiger partial charge in [0.15, 0.2) is 5.65 Å². The summed E-state index contributed by atoms with van der Waals surface area (Å²) in [7, 11) is -3.81. The van der Waals surface area contributed by atoms with Crippen molar-refractivity contribution in [2.24, 2.45) is 0 Å². The smallest absolute Gasteiger partial charge is 0.246 e. The van der Waals surface area contributed by atoms with Crippen LogP contribution in [0.1, 0.15) is 24.6 Å². The van der Waals surface area contributed by atoms with Gasteiger partial charge in [0.25, 0.3) is 0 Å². The Kier molecular flexibility index (Phi) is 7.77. The normalized spacial score (nSPS) is 15.3. The van der Waals surface area contributed by atoms with E-state index < -0.39 is 10.0 Å². The highest BCUT2D eigenvalue weighted by Crippen LogP contribution is 2.28. The van der Waals surface area contributed by atoms with Gasteiger partial charge in [-0.2, -0.15) is 9.82 Å². The van der Waals surface area contributed by atoms with E-state index in [2.05, 4.69) is 38.2 Å². The first kappa shape index (κ1) is 26.9. The quantitative estimate of drug-likeness (QED) is 0.261. The Morgan fingerprint density at radius 3 is 2.65 bits per heavy atom. The van der Waals surface area contributed by atoms with E-state index in [0.29, 0.717) is 41.3 Å². The largest absolute Gasteiger partial charge is 0.457 e. The number of ether oxygens (including phenoxy) is 1. The molecule has 1 atom stereocenters. The Balaban J connectivity index is 1.30. The lowest BCUT2D eigenvalue weighted by Crippen LogP contribution is -2.40. The molecule has 1 aliphatic heterocycles. The van der Waals surface area contributed by atoms with Crippen molar-refractivity contribution in [2.45, 2.75) is 23.8 Å². The second-order valence-electron chi connectivity index (χ2n) is 9.05. The second kappa shape index (κ2) is 11.6. The van der Waals surface area contributed by atoms with Crippen molar-refractivity contribution in [3.05, 3.63) is 79.3 Å². The molecular weight excluding hydrogens is 530 g/mol. The van der Waals surface area contributed by atoms with Gasteiger partial charge in [0, 0.05) is 13.1 Å². The number of sulfonamides is 1. The lowest BCUT2D eigenvalue weighted by molar-refractivity contribution is -0.127. The Bertz CT molecular complexity index is 1710. The number of hydrogen-bond donors (Lipinski definition) is 2. The Morgan fingerprint density at radius 1 is 1.15 bits per heavy atom. The van der Waals surface area contributed by atoms with Crippen molar-refractivity contribution in [2.75, 3.05) is 25.4 Å². The number of para-hydroxylation sites is 1. The zero-order chi connectivity index (χ0) is 28.1. The van der Waals surface area contributed by atoms with Crippen molar-refractivity contribution in [3.8, 4) is 23.3 Å². The summed E-state index contributed by atoms with van der Waals surface area (Å²) in [5.74, 6) is 6.97. The number of likely N-dealkylation sites (tertiary alicyclic amines) is 1. The number of carbonyl (C=O) groups excluding carboxylic acids is 1. The number of piperidine rings is 1. The van der Waals surface area contributed by atoms with Crippen LogP contribution < -0.4 is 15.2 Å². The highest BCUT2D eigenvalue weighted by molar-refractivity contribution is 7.89. The number of anilines is 1. The van der Waals surface area contributed by atoms with Gasteiger partial charge in [-0.1, -0.05) is 30.7 Å². The van der Waals surface area contributed by atoms with E-state index >= 15 is 0 Å². The van der Waals surface area contributed by atoms with Crippen LogP contribution in [-0.2, 0) is 14.8 Å². The zero-order valence-electron chi connectivity index (χ0n) is 21.5. The summed E-state index contributed by atoms with van der Waals surface area (Å²) in [5, 5.41) is 5.12. The molecule has 2 aromatic carbocycles. The molecule has 3 N–H and O–H groups in total. The number of nitrogens with zero attached hydrogens (tertiary/aromatic N) is 5. The molecule has 5 rings (SSSR count). The Morgan fingerprint density at radius 2 is 1.90 bits per heavy atom. The monoisotopic (exact) mass is 557 g/mol. The maximum atomic E-state index is 12.8. The molecule has 0 aliphatic carbocycles. The molecule has 4 aromatic rings. The van der Waals surface area contributed by atoms with E-state index in [0.717, 1.165) is 12.8 Å². The van der Waals surface area contributed by atoms with Crippen molar-refractivity contribution in [1.82, 2.24) is 29.4 Å². The highest BCUT2D eigenvalue weighted by Gasteiger charge is 2.27. The molecule has 1 aliphatic rings. The van der Waals surface area contributed by atoms with Crippen molar-refractivity contribution in [3.63, 3.8) is 0 Å². The standard InChI is InChI=1S/C28H27N7O4S/c1-2-25(36)34-17-7-8-20(18-34)35-28-26(27(29)30-19-31-28)24(33-35)11-6-16-32-40(37,38)23-14-12-22(13-15-23)39-21-9-4-3-5-10-21/h2-5,9-10,12-15,19-20,32H,1,7-8,16-18H2,(H2,29,30,31). The molecule has 0 radical (unpaired) electrons. The van der Waals surface area contributed by atoms with Crippen LogP contribution in [0.15, 0.2) is 78.5 Å². The summed E-state index contributed by atoms with van der Waals surface area (Å²) >= 11 is 0.